The summed E-state index contributed by atoms with van der Waals surface area (Å²) in [5.74, 6) is 0.372. The van der Waals surface area contributed by atoms with Gasteiger partial charge in [0.1, 0.15) is 0 Å². The number of rotatable bonds is 3. The average Bonchev–Trinajstić information content (AvgIpc) is 3.13. The Morgan fingerprint density at radius 2 is 1.68 bits per heavy atom. The quantitative estimate of drug-likeness (QED) is 0.441. The third kappa shape index (κ3) is 3.01. The van der Waals surface area contributed by atoms with Crippen LogP contribution in [-0.4, -0.2) is 11.4 Å². The number of hydrogen-bond acceptors (Lipinski definition) is 3. The van der Waals surface area contributed by atoms with Crippen LogP contribution in [0.4, 0.5) is 0 Å². The summed E-state index contributed by atoms with van der Waals surface area (Å²) in [6.45, 7) is 2.71. The van der Waals surface area contributed by atoms with E-state index in [1.54, 1.807) is 0 Å². The monoisotopic (exact) mass is 380 g/mol. The van der Waals surface area contributed by atoms with Gasteiger partial charge >= 0.3 is 0 Å². The van der Waals surface area contributed by atoms with E-state index >= 15 is 0 Å². The topological polar surface area (TPSA) is 27.0 Å². The van der Waals surface area contributed by atoms with E-state index in [4.69, 9.17) is 0 Å². The Balaban J connectivity index is 1.58. The standard InChI is InChI=1S/C25H20N2S/c26-14-19-10-4-5-11-20(19)15-27-16-22(18-8-2-1-3-9-18)25-23(17-27)21-12-6-7-13-24(21)28-25/h1-13,22H,15-17H2. The Labute approximate surface area is 169 Å². The van der Waals surface area contributed by atoms with Gasteiger partial charge < -0.3 is 0 Å². The maximum absolute atomic E-state index is 9.48. The molecule has 1 aliphatic heterocycles. The van der Waals surface area contributed by atoms with Gasteiger partial charge in [-0.3, -0.25) is 4.90 Å². The van der Waals surface area contributed by atoms with Crippen molar-refractivity contribution < 1.29 is 0 Å². The minimum Gasteiger partial charge on any atom is -0.294 e. The van der Waals surface area contributed by atoms with Gasteiger partial charge in [0.2, 0.25) is 0 Å². The average molecular weight is 381 g/mol. The van der Waals surface area contributed by atoms with Crippen LogP contribution < -0.4 is 0 Å². The summed E-state index contributed by atoms with van der Waals surface area (Å²) in [4.78, 5) is 3.99. The predicted octanol–water partition coefficient (Wildman–Crippen LogP) is 5.92. The van der Waals surface area contributed by atoms with E-state index in [2.05, 4.69) is 71.6 Å². The van der Waals surface area contributed by atoms with Gasteiger partial charge in [-0.15, -0.1) is 11.3 Å². The highest BCUT2D eigenvalue weighted by atomic mass is 32.1. The summed E-state index contributed by atoms with van der Waals surface area (Å²) in [6.07, 6.45) is 0. The Hall–Kier alpha value is -2.93. The molecule has 3 aromatic carbocycles. The van der Waals surface area contributed by atoms with Crippen LogP contribution in [0.15, 0.2) is 78.9 Å². The summed E-state index contributed by atoms with van der Waals surface area (Å²) in [7, 11) is 0. The lowest BCUT2D eigenvalue weighted by Gasteiger charge is -2.33. The number of thiophene rings is 1. The number of hydrogen-bond donors (Lipinski definition) is 0. The van der Waals surface area contributed by atoms with Crippen molar-refractivity contribution in [1.29, 1.82) is 5.26 Å². The predicted molar refractivity (Wildman–Crippen MR) is 115 cm³/mol. The van der Waals surface area contributed by atoms with E-state index in [0.717, 1.165) is 30.8 Å². The molecule has 0 spiro atoms. The van der Waals surface area contributed by atoms with Crippen LogP contribution in [0.5, 0.6) is 0 Å². The normalized spacial score (nSPS) is 16.6. The molecule has 2 heterocycles. The van der Waals surface area contributed by atoms with Crippen LogP contribution in [0.25, 0.3) is 10.1 Å². The van der Waals surface area contributed by atoms with Crippen LogP contribution >= 0.6 is 11.3 Å². The highest BCUT2D eigenvalue weighted by molar-refractivity contribution is 7.19. The maximum atomic E-state index is 9.48. The van der Waals surface area contributed by atoms with E-state index in [1.807, 2.05) is 29.5 Å². The molecule has 0 radical (unpaired) electrons. The van der Waals surface area contributed by atoms with E-state index < -0.39 is 0 Å². The molecule has 0 saturated carbocycles. The maximum Gasteiger partial charge on any atom is 0.0995 e. The summed E-state index contributed by atoms with van der Waals surface area (Å²) in [5.41, 5.74) is 4.71. The van der Waals surface area contributed by atoms with Crippen LogP contribution in [-0.2, 0) is 13.1 Å². The lowest BCUT2D eigenvalue weighted by atomic mass is 9.89. The molecule has 1 atom stereocenters. The highest BCUT2D eigenvalue weighted by Gasteiger charge is 2.30. The number of nitrogens with zero attached hydrogens (tertiary/aromatic N) is 2. The van der Waals surface area contributed by atoms with E-state index in [9.17, 15) is 5.26 Å². The summed E-state index contributed by atoms with van der Waals surface area (Å²) < 4.78 is 1.37. The zero-order chi connectivity index (χ0) is 18.9. The zero-order valence-corrected chi connectivity index (χ0v) is 16.3. The lowest BCUT2D eigenvalue weighted by Crippen LogP contribution is -2.33. The molecule has 28 heavy (non-hydrogen) atoms. The van der Waals surface area contributed by atoms with Crippen molar-refractivity contribution in [2.45, 2.75) is 19.0 Å². The van der Waals surface area contributed by atoms with Gasteiger partial charge in [0.05, 0.1) is 11.6 Å². The van der Waals surface area contributed by atoms with Gasteiger partial charge in [-0.25, -0.2) is 0 Å². The molecule has 4 aromatic rings. The van der Waals surface area contributed by atoms with E-state index in [1.165, 1.54) is 26.1 Å². The van der Waals surface area contributed by atoms with Crippen molar-refractivity contribution in [2.75, 3.05) is 6.54 Å². The van der Waals surface area contributed by atoms with Gasteiger partial charge in [0.25, 0.3) is 0 Å². The number of benzene rings is 3. The molecule has 5 rings (SSSR count). The lowest BCUT2D eigenvalue weighted by molar-refractivity contribution is 0.235. The molecule has 0 aliphatic carbocycles. The van der Waals surface area contributed by atoms with Crippen LogP contribution in [0, 0.1) is 11.3 Å². The van der Waals surface area contributed by atoms with Gasteiger partial charge in [-0.1, -0.05) is 66.7 Å². The molecule has 3 heteroatoms. The van der Waals surface area contributed by atoms with Crippen molar-refractivity contribution in [3.05, 3.63) is 106 Å². The smallest absolute Gasteiger partial charge is 0.0995 e. The van der Waals surface area contributed by atoms with Crippen LogP contribution in [0.3, 0.4) is 0 Å². The minimum absolute atomic E-state index is 0.372. The second-order valence-corrected chi connectivity index (χ2v) is 8.43. The van der Waals surface area contributed by atoms with E-state index in [0.29, 0.717) is 5.92 Å². The Morgan fingerprint density at radius 1 is 0.929 bits per heavy atom. The summed E-state index contributed by atoms with van der Waals surface area (Å²) in [5, 5.41) is 10.9. The Morgan fingerprint density at radius 3 is 2.54 bits per heavy atom. The van der Waals surface area contributed by atoms with Crippen LogP contribution in [0.2, 0.25) is 0 Å². The first-order chi connectivity index (χ1) is 13.8. The molecule has 1 aromatic heterocycles. The molecule has 136 valence electrons. The van der Waals surface area contributed by atoms with Crippen molar-refractivity contribution in [1.82, 2.24) is 4.90 Å². The first kappa shape index (κ1) is 17.2. The third-order valence-corrected chi connectivity index (χ3v) is 6.93. The Bertz CT molecular complexity index is 1170. The Kier molecular flexibility index (Phi) is 4.44. The number of fused-ring (bicyclic) bond motifs is 3. The molecule has 0 bridgehead atoms. The molecule has 0 amide bonds. The second-order valence-electron chi connectivity index (χ2n) is 7.34. The molecule has 1 aliphatic rings. The van der Waals surface area contributed by atoms with Gasteiger partial charge in [-0.2, -0.15) is 5.26 Å². The van der Waals surface area contributed by atoms with Gasteiger partial charge in [0.15, 0.2) is 0 Å². The molecule has 2 nitrogen and oxygen atoms in total. The first-order valence-electron chi connectivity index (χ1n) is 9.59. The van der Waals surface area contributed by atoms with Gasteiger partial charge in [0, 0.05) is 35.1 Å². The van der Waals surface area contributed by atoms with Crippen molar-refractivity contribution >= 4 is 21.4 Å². The van der Waals surface area contributed by atoms with Crippen molar-refractivity contribution in [3.8, 4) is 6.07 Å². The molecular weight excluding hydrogens is 360 g/mol. The fraction of sp³-hybridized carbons (Fsp3) is 0.160. The van der Waals surface area contributed by atoms with Crippen molar-refractivity contribution in [3.63, 3.8) is 0 Å². The fourth-order valence-corrected chi connectivity index (χ4v) is 5.60. The third-order valence-electron chi connectivity index (χ3n) is 5.60. The molecule has 0 saturated heterocycles. The highest BCUT2D eigenvalue weighted by Crippen LogP contribution is 2.43. The summed E-state index contributed by atoms with van der Waals surface area (Å²) >= 11 is 1.94. The molecule has 1 unspecified atom stereocenters. The largest absolute Gasteiger partial charge is 0.294 e. The van der Waals surface area contributed by atoms with E-state index in [-0.39, 0.29) is 0 Å². The fourth-order valence-electron chi connectivity index (χ4n) is 4.26. The van der Waals surface area contributed by atoms with Gasteiger partial charge in [-0.05, 0) is 34.2 Å². The molecule has 0 fully saturated rings. The molecular formula is C25H20N2S. The second kappa shape index (κ2) is 7.24. The first-order valence-corrected chi connectivity index (χ1v) is 10.4. The molecule has 0 N–H and O–H groups in total. The minimum atomic E-state index is 0.372. The summed E-state index contributed by atoms with van der Waals surface area (Å²) in [6, 6.07) is 29.9. The SMILES string of the molecule is N#Cc1ccccc1CN1Cc2c(sc3ccccc23)C(c2ccccc2)C1. The zero-order valence-electron chi connectivity index (χ0n) is 15.5. The van der Waals surface area contributed by atoms with Crippen LogP contribution in [0.1, 0.15) is 33.0 Å². The van der Waals surface area contributed by atoms with Crippen molar-refractivity contribution in [2.24, 2.45) is 0 Å². The number of nitriles is 1.